The molecule has 0 saturated carbocycles. The highest BCUT2D eigenvalue weighted by Crippen LogP contribution is 2.18. The zero-order valence-electron chi connectivity index (χ0n) is 9.01. The van der Waals surface area contributed by atoms with Crippen LogP contribution in [0.15, 0.2) is 24.3 Å². The molecule has 0 saturated heterocycles. The van der Waals surface area contributed by atoms with Crippen molar-refractivity contribution in [1.82, 2.24) is 9.78 Å². The van der Waals surface area contributed by atoms with Crippen molar-refractivity contribution in [2.75, 3.05) is 5.73 Å². The Kier molecular flexibility index (Phi) is 2.55. The normalized spacial score (nSPS) is 10.5. The van der Waals surface area contributed by atoms with Gasteiger partial charge >= 0.3 is 5.97 Å². The smallest absolute Gasteiger partial charge is 0.356 e. The number of nitrogens with zero attached hydrogens (tertiary/aromatic N) is 2. The predicted molar refractivity (Wildman–Crippen MR) is 59.6 cm³/mol. The van der Waals surface area contributed by atoms with Crippen LogP contribution in [-0.4, -0.2) is 20.9 Å². The Morgan fingerprint density at radius 3 is 2.76 bits per heavy atom. The first-order chi connectivity index (χ1) is 7.99. The van der Waals surface area contributed by atoms with Crippen molar-refractivity contribution in [1.29, 1.82) is 0 Å². The second-order valence-electron chi connectivity index (χ2n) is 3.60. The molecule has 2 rings (SSSR count). The van der Waals surface area contributed by atoms with Gasteiger partial charge in [0.1, 0.15) is 11.5 Å². The molecule has 0 aliphatic rings. The first-order valence-corrected chi connectivity index (χ1v) is 4.84. The van der Waals surface area contributed by atoms with Crippen LogP contribution in [0.25, 0.3) is 5.69 Å². The Morgan fingerprint density at radius 2 is 2.18 bits per heavy atom. The van der Waals surface area contributed by atoms with E-state index in [0.29, 0.717) is 11.4 Å². The van der Waals surface area contributed by atoms with E-state index in [-0.39, 0.29) is 11.4 Å². The molecule has 17 heavy (non-hydrogen) atoms. The van der Waals surface area contributed by atoms with Gasteiger partial charge in [0.15, 0.2) is 5.69 Å². The number of benzene rings is 1. The quantitative estimate of drug-likeness (QED) is 0.774. The number of rotatable bonds is 2. The summed E-state index contributed by atoms with van der Waals surface area (Å²) in [6, 6.07) is 5.41. The lowest BCUT2D eigenvalue weighted by Crippen LogP contribution is -2.05. The molecule has 5 nitrogen and oxygen atoms in total. The number of hydrogen-bond acceptors (Lipinski definition) is 3. The number of hydrogen-bond donors (Lipinski definition) is 2. The van der Waals surface area contributed by atoms with E-state index >= 15 is 0 Å². The number of nitrogens with two attached hydrogens (primary N) is 1. The molecule has 0 aliphatic heterocycles. The number of aromatic nitrogens is 2. The summed E-state index contributed by atoms with van der Waals surface area (Å²) in [6.45, 7) is 1.64. The molecule has 0 fully saturated rings. The molecule has 0 amide bonds. The number of nitrogen functional groups attached to an aromatic ring is 1. The van der Waals surface area contributed by atoms with E-state index in [2.05, 4.69) is 5.10 Å². The molecule has 3 N–H and O–H groups in total. The third-order valence-electron chi connectivity index (χ3n) is 2.30. The minimum atomic E-state index is -1.16. The Balaban J connectivity index is 2.60. The topological polar surface area (TPSA) is 81.1 Å². The van der Waals surface area contributed by atoms with Gasteiger partial charge in [-0.25, -0.2) is 13.9 Å². The molecule has 0 radical (unpaired) electrons. The lowest BCUT2D eigenvalue weighted by atomic mass is 10.2. The van der Waals surface area contributed by atoms with Crippen LogP contribution >= 0.6 is 0 Å². The highest BCUT2D eigenvalue weighted by atomic mass is 19.1. The lowest BCUT2D eigenvalue weighted by Gasteiger charge is -2.06. The van der Waals surface area contributed by atoms with Gasteiger partial charge in [-0.1, -0.05) is 0 Å². The molecule has 0 aliphatic carbocycles. The fraction of sp³-hybridized carbons (Fsp3) is 0.0909. The fourth-order valence-corrected chi connectivity index (χ4v) is 1.51. The van der Waals surface area contributed by atoms with Crippen LogP contribution < -0.4 is 5.73 Å². The van der Waals surface area contributed by atoms with Crippen LogP contribution in [-0.2, 0) is 0 Å². The Morgan fingerprint density at radius 1 is 1.47 bits per heavy atom. The molecule has 1 aromatic heterocycles. The van der Waals surface area contributed by atoms with E-state index in [0.717, 1.165) is 0 Å². The first-order valence-electron chi connectivity index (χ1n) is 4.84. The van der Waals surface area contributed by atoms with Gasteiger partial charge in [0.2, 0.25) is 0 Å². The zero-order chi connectivity index (χ0) is 12.6. The summed E-state index contributed by atoms with van der Waals surface area (Å²) in [7, 11) is 0. The second kappa shape index (κ2) is 3.89. The predicted octanol–water partition coefficient (Wildman–Crippen LogP) is 1.60. The van der Waals surface area contributed by atoms with E-state index in [1.165, 1.54) is 28.9 Å². The van der Waals surface area contributed by atoms with Gasteiger partial charge in [-0.3, -0.25) is 0 Å². The molecule has 1 aromatic carbocycles. The largest absolute Gasteiger partial charge is 0.476 e. The number of carbonyl (C=O) groups is 1. The Bertz CT molecular complexity index is 592. The monoisotopic (exact) mass is 235 g/mol. The molecule has 0 bridgehead atoms. The SMILES string of the molecule is Cc1cc(C(=O)O)nn1-c1cc(N)ccc1F. The minimum absolute atomic E-state index is 0.134. The molecule has 2 aromatic rings. The van der Waals surface area contributed by atoms with Crippen molar-refractivity contribution in [3.63, 3.8) is 0 Å². The fourth-order valence-electron chi connectivity index (χ4n) is 1.51. The third-order valence-corrected chi connectivity index (χ3v) is 2.30. The summed E-state index contributed by atoms with van der Waals surface area (Å²) >= 11 is 0. The molecular formula is C11H10FN3O2. The van der Waals surface area contributed by atoms with Gasteiger partial charge in [-0.2, -0.15) is 5.10 Å². The number of aryl methyl sites for hydroxylation is 1. The summed E-state index contributed by atoms with van der Waals surface area (Å²) in [6.07, 6.45) is 0. The zero-order valence-corrected chi connectivity index (χ0v) is 9.01. The van der Waals surface area contributed by atoms with Crippen LogP contribution in [0, 0.1) is 12.7 Å². The molecule has 0 spiro atoms. The van der Waals surface area contributed by atoms with Gasteiger partial charge in [-0.05, 0) is 31.2 Å². The highest BCUT2D eigenvalue weighted by Gasteiger charge is 2.14. The second-order valence-corrected chi connectivity index (χ2v) is 3.60. The standard InChI is InChI=1S/C11H10FN3O2/c1-6-4-9(11(16)17)14-15(6)10-5-7(13)2-3-8(10)12/h2-5H,13H2,1H3,(H,16,17). The van der Waals surface area contributed by atoms with Gasteiger partial charge in [-0.15, -0.1) is 0 Å². The maximum atomic E-state index is 13.6. The molecule has 6 heteroatoms. The molecule has 1 heterocycles. The van der Waals surface area contributed by atoms with Crippen LogP contribution in [0.1, 0.15) is 16.2 Å². The maximum Gasteiger partial charge on any atom is 0.356 e. The van der Waals surface area contributed by atoms with E-state index in [4.69, 9.17) is 10.8 Å². The van der Waals surface area contributed by atoms with Crippen LogP contribution in [0.2, 0.25) is 0 Å². The van der Waals surface area contributed by atoms with Crippen LogP contribution in [0.5, 0.6) is 0 Å². The van der Waals surface area contributed by atoms with E-state index < -0.39 is 11.8 Å². The summed E-state index contributed by atoms with van der Waals surface area (Å²) in [5, 5.41) is 12.6. The number of aromatic carboxylic acids is 1. The summed E-state index contributed by atoms with van der Waals surface area (Å²) < 4.78 is 14.8. The van der Waals surface area contributed by atoms with Crippen molar-refractivity contribution in [3.8, 4) is 5.69 Å². The van der Waals surface area contributed by atoms with Crippen molar-refractivity contribution >= 4 is 11.7 Å². The summed E-state index contributed by atoms with van der Waals surface area (Å²) in [5.41, 5.74) is 6.46. The Hall–Kier alpha value is -2.37. The van der Waals surface area contributed by atoms with Gasteiger partial charge in [0.05, 0.1) is 0 Å². The maximum absolute atomic E-state index is 13.6. The average molecular weight is 235 g/mol. The van der Waals surface area contributed by atoms with Crippen LogP contribution in [0.4, 0.5) is 10.1 Å². The van der Waals surface area contributed by atoms with Crippen molar-refractivity contribution in [2.45, 2.75) is 6.92 Å². The first kappa shape index (κ1) is 11.1. The van der Waals surface area contributed by atoms with Crippen molar-refractivity contribution in [2.24, 2.45) is 0 Å². The van der Waals surface area contributed by atoms with E-state index in [1.54, 1.807) is 6.92 Å². The number of carboxylic acid groups (broad SMARTS) is 1. The van der Waals surface area contributed by atoms with Gasteiger partial charge in [0.25, 0.3) is 0 Å². The van der Waals surface area contributed by atoms with E-state index in [9.17, 15) is 9.18 Å². The van der Waals surface area contributed by atoms with Crippen molar-refractivity contribution < 1.29 is 14.3 Å². The number of carboxylic acids is 1. The van der Waals surface area contributed by atoms with Crippen LogP contribution in [0.3, 0.4) is 0 Å². The van der Waals surface area contributed by atoms with Gasteiger partial charge in [0, 0.05) is 11.4 Å². The van der Waals surface area contributed by atoms with E-state index in [1.807, 2.05) is 0 Å². The third kappa shape index (κ3) is 1.96. The lowest BCUT2D eigenvalue weighted by molar-refractivity contribution is 0.0690. The molecular weight excluding hydrogens is 225 g/mol. The number of halogens is 1. The molecule has 88 valence electrons. The summed E-state index contributed by atoms with van der Waals surface area (Å²) in [4.78, 5) is 10.8. The Labute approximate surface area is 96.3 Å². The van der Waals surface area contributed by atoms with Gasteiger partial charge < -0.3 is 10.8 Å². The number of anilines is 1. The highest BCUT2D eigenvalue weighted by molar-refractivity contribution is 5.85. The summed E-state index contributed by atoms with van der Waals surface area (Å²) in [5.74, 6) is -1.67. The van der Waals surface area contributed by atoms with Crippen molar-refractivity contribution in [3.05, 3.63) is 41.5 Å². The average Bonchev–Trinajstić information content (AvgIpc) is 2.64. The molecule has 0 atom stereocenters. The minimum Gasteiger partial charge on any atom is -0.476 e. The molecule has 0 unspecified atom stereocenters.